The maximum absolute atomic E-state index is 11.6. The number of carbonyl (C=O) groups is 1. The molecule has 0 aliphatic rings. The fraction of sp³-hybridized carbons (Fsp3) is 0.545. The number of rotatable bonds is 4. The second-order valence-corrected chi connectivity index (χ2v) is 3.71. The highest BCUT2D eigenvalue weighted by Gasteiger charge is 2.12. The van der Waals surface area contributed by atoms with Gasteiger partial charge in [0.25, 0.3) is 5.91 Å². The molecule has 3 heteroatoms. The topological polar surface area (TPSA) is 42.2 Å². The molecule has 0 aliphatic heterocycles. The third-order valence-corrected chi connectivity index (χ3v) is 1.98. The minimum Gasteiger partial charge on any atom is -0.469 e. The summed E-state index contributed by atoms with van der Waals surface area (Å²) in [4.78, 5) is 11.6. The average Bonchev–Trinajstić information content (AvgIpc) is 2.61. The summed E-state index contributed by atoms with van der Waals surface area (Å²) in [5.74, 6) is 1.19. The van der Waals surface area contributed by atoms with E-state index in [0.29, 0.717) is 18.0 Å². The molecule has 0 saturated carbocycles. The first-order chi connectivity index (χ1) is 6.65. The Morgan fingerprint density at radius 2 is 2.29 bits per heavy atom. The van der Waals surface area contributed by atoms with Gasteiger partial charge in [-0.15, -0.1) is 0 Å². The van der Waals surface area contributed by atoms with Crippen molar-refractivity contribution in [3.63, 3.8) is 0 Å². The molecular weight excluding hydrogens is 178 g/mol. The maximum atomic E-state index is 11.6. The predicted molar refractivity (Wildman–Crippen MR) is 55.3 cm³/mol. The molecule has 0 unspecified atom stereocenters. The van der Waals surface area contributed by atoms with E-state index < -0.39 is 0 Å². The summed E-state index contributed by atoms with van der Waals surface area (Å²) < 4.78 is 5.18. The molecule has 78 valence electrons. The molecule has 14 heavy (non-hydrogen) atoms. The van der Waals surface area contributed by atoms with Crippen molar-refractivity contribution in [2.75, 3.05) is 6.54 Å². The number of nitrogens with one attached hydrogen (secondary N) is 1. The molecule has 3 nitrogen and oxygen atoms in total. The maximum Gasteiger partial charge on any atom is 0.254 e. The molecule has 1 heterocycles. The van der Waals surface area contributed by atoms with Gasteiger partial charge in [-0.1, -0.05) is 20.8 Å². The third-order valence-electron chi connectivity index (χ3n) is 1.98. The molecule has 0 atom stereocenters. The van der Waals surface area contributed by atoms with Crippen LogP contribution in [0.15, 0.2) is 16.7 Å². The number of aryl methyl sites for hydroxylation is 1. The van der Waals surface area contributed by atoms with Gasteiger partial charge < -0.3 is 9.73 Å². The highest BCUT2D eigenvalue weighted by Crippen LogP contribution is 2.10. The van der Waals surface area contributed by atoms with Gasteiger partial charge in [0.1, 0.15) is 5.76 Å². The minimum atomic E-state index is -0.0377. The second kappa shape index (κ2) is 4.84. The molecule has 0 aliphatic carbocycles. The Bertz CT molecular complexity index is 302. The lowest BCUT2D eigenvalue weighted by molar-refractivity contribution is 0.0947. The Hall–Kier alpha value is -1.25. The number of hydrogen-bond acceptors (Lipinski definition) is 2. The van der Waals surface area contributed by atoms with Gasteiger partial charge in [0, 0.05) is 13.0 Å². The van der Waals surface area contributed by atoms with Crippen molar-refractivity contribution in [3.05, 3.63) is 23.7 Å². The summed E-state index contributed by atoms with van der Waals surface area (Å²) in [6.07, 6.45) is 2.31. The number of amides is 1. The predicted octanol–water partition coefficient (Wildman–Crippen LogP) is 2.23. The van der Waals surface area contributed by atoms with Gasteiger partial charge in [-0.05, 0) is 12.0 Å². The quantitative estimate of drug-likeness (QED) is 0.800. The van der Waals surface area contributed by atoms with Crippen LogP contribution in [0.2, 0.25) is 0 Å². The van der Waals surface area contributed by atoms with Crippen molar-refractivity contribution in [1.29, 1.82) is 0 Å². The van der Waals surface area contributed by atoms with Gasteiger partial charge in [0.15, 0.2) is 0 Å². The first-order valence-electron chi connectivity index (χ1n) is 4.99. The van der Waals surface area contributed by atoms with Crippen molar-refractivity contribution in [2.24, 2.45) is 5.92 Å². The second-order valence-electron chi connectivity index (χ2n) is 3.71. The molecular formula is C11H17NO2. The van der Waals surface area contributed by atoms with Crippen LogP contribution in [-0.4, -0.2) is 12.5 Å². The standard InChI is InChI=1S/C11H17NO2/c1-4-10-9(5-6-14-10)11(13)12-7-8(2)3/h5-6,8H,4,7H2,1-3H3,(H,12,13). The Morgan fingerprint density at radius 1 is 1.57 bits per heavy atom. The Balaban J connectivity index is 2.60. The molecule has 0 bridgehead atoms. The van der Waals surface area contributed by atoms with Crippen LogP contribution in [0.1, 0.15) is 36.9 Å². The van der Waals surface area contributed by atoms with Crippen LogP contribution < -0.4 is 5.32 Å². The van der Waals surface area contributed by atoms with Crippen molar-refractivity contribution < 1.29 is 9.21 Å². The Kier molecular flexibility index (Phi) is 3.74. The first kappa shape index (κ1) is 10.8. The van der Waals surface area contributed by atoms with Crippen LogP contribution in [0.25, 0.3) is 0 Å². The zero-order valence-electron chi connectivity index (χ0n) is 8.96. The van der Waals surface area contributed by atoms with Gasteiger partial charge in [-0.25, -0.2) is 0 Å². The molecule has 0 fully saturated rings. The van der Waals surface area contributed by atoms with Gasteiger partial charge in [-0.2, -0.15) is 0 Å². The molecule has 1 amide bonds. The third kappa shape index (κ3) is 2.62. The largest absolute Gasteiger partial charge is 0.469 e. The van der Waals surface area contributed by atoms with Crippen LogP contribution in [0.5, 0.6) is 0 Å². The molecule has 0 saturated heterocycles. The van der Waals surface area contributed by atoms with E-state index in [1.54, 1.807) is 12.3 Å². The molecule has 1 rings (SSSR count). The summed E-state index contributed by atoms with van der Waals surface area (Å²) in [6.45, 7) is 6.80. The normalized spacial score (nSPS) is 10.6. The monoisotopic (exact) mass is 195 g/mol. The van der Waals surface area contributed by atoms with Gasteiger partial charge in [0.05, 0.1) is 11.8 Å². The summed E-state index contributed by atoms with van der Waals surface area (Å²) in [5.41, 5.74) is 0.660. The van der Waals surface area contributed by atoms with Crippen LogP contribution >= 0.6 is 0 Å². The Morgan fingerprint density at radius 3 is 2.86 bits per heavy atom. The van der Waals surface area contributed by atoms with E-state index in [-0.39, 0.29) is 5.91 Å². The Labute approximate surface area is 84.5 Å². The lowest BCUT2D eigenvalue weighted by Gasteiger charge is -2.06. The molecule has 1 aromatic heterocycles. The van der Waals surface area contributed by atoms with E-state index in [4.69, 9.17) is 4.42 Å². The van der Waals surface area contributed by atoms with Gasteiger partial charge in [-0.3, -0.25) is 4.79 Å². The van der Waals surface area contributed by atoms with Crippen LogP contribution in [-0.2, 0) is 6.42 Å². The van der Waals surface area contributed by atoms with E-state index in [0.717, 1.165) is 12.2 Å². The van der Waals surface area contributed by atoms with E-state index >= 15 is 0 Å². The zero-order valence-corrected chi connectivity index (χ0v) is 8.96. The van der Waals surface area contributed by atoms with E-state index in [9.17, 15) is 4.79 Å². The summed E-state index contributed by atoms with van der Waals surface area (Å²) in [7, 11) is 0. The highest BCUT2D eigenvalue weighted by atomic mass is 16.3. The van der Waals surface area contributed by atoms with Crippen molar-refractivity contribution in [1.82, 2.24) is 5.32 Å². The fourth-order valence-electron chi connectivity index (χ4n) is 1.21. The summed E-state index contributed by atoms with van der Waals surface area (Å²) in [5, 5.41) is 2.86. The van der Waals surface area contributed by atoms with Crippen molar-refractivity contribution in [2.45, 2.75) is 27.2 Å². The van der Waals surface area contributed by atoms with Gasteiger partial charge >= 0.3 is 0 Å². The SMILES string of the molecule is CCc1occc1C(=O)NCC(C)C. The minimum absolute atomic E-state index is 0.0377. The van der Waals surface area contributed by atoms with E-state index in [2.05, 4.69) is 19.2 Å². The summed E-state index contributed by atoms with van der Waals surface area (Å²) >= 11 is 0. The van der Waals surface area contributed by atoms with Crippen LogP contribution in [0.3, 0.4) is 0 Å². The fourth-order valence-corrected chi connectivity index (χ4v) is 1.21. The molecule has 1 aromatic rings. The smallest absolute Gasteiger partial charge is 0.254 e. The lowest BCUT2D eigenvalue weighted by atomic mass is 10.2. The number of hydrogen-bond donors (Lipinski definition) is 1. The summed E-state index contributed by atoms with van der Waals surface area (Å²) in [6, 6.07) is 1.72. The molecule has 0 radical (unpaired) electrons. The van der Waals surface area contributed by atoms with Crippen LogP contribution in [0, 0.1) is 5.92 Å². The van der Waals surface area contributed by atoms with E-state index in [1.165, 1.54) is 0 Å². The molecule has 0 spiro atoms. The highest BCUT2D eigenvalue weighted by molar-refractivity contribution is 5.95. The number of carbonyl (C=O) groups excluding carboxylic acids is 1. The number of furan rings is 1. The lowest BCUT2D eigenvalue weighted by Crippen LogP contribution is -2.27. The van der Waals surface area contributed by atoms with Crippen molar-refractivity contribution >= 4 is 5.91 Å². The molecule has 1 N–H and O–H groups in total. The first-order valence-corrected chi connectivity index (χ1v) is 4.99. The average molecular weight is 195 g/mol. The molecule has 0 aromatic carbocycles. The zero-order chi connectivity index (χ0) is 10.6. The van der Waals surface area contributed by atoms with Crippen molar-refractivity contribution in [3.8, 4) is 0 Å². The van der Waals surface area contributed by atoms with Crippen LogP contribution in [0.4, 0.5) is 0 Å². The van der Waals surface area contributed by atoms with E-state index in [1.807, 2.05) is 6.92 Å². The van der Waals surface area contributed by atoms with Gasteiger partial charge in [0.2, 0.25) is 0 Å².